The molecule has 2 N–H and O–H groups in total. The van der Waals surface area contributed by atoms with E-state index in [2.05, 4.69) is 0 Å². The Morgan fingerprint density at radius 3 is 2.40 bits per heavy atom. The van der Waals surface area contributed by atoms with Crippen LogP contribution in [0.15, 0.2) is 30.3 Å². The molecule has 0 amide bonds. The molecular weight excluding hydrogens is 284 g/mol. The van der Waals surface area contributed by atoms with Crippen LogP contribution in [0.1, 0.15) is 11.1 Å². The minimum atomic E-state index is -0.757. The van der Waals surface area contributed by atoms with Crippen LogP contribution in [0.5, 0.6) is 11.5 Å². The van der Waals surface area contributed by atoms with Crippen LogP contribution >= 0.6 is 11.6 Å². The molecule has 0 unspecified atom stereocenters. The molecule has 0 aliphatic rings. The number of hydrogen-bond donors (Lipinski definition) is 1. The van der Waals surface area contributed by atoms with Crippen LogP contribution in [0.4, 0.5) is 8.78 Å². The highest BCUT2D eigenvalue weighted by Crippen LogP contribution is 2.32. The van der Waals surface area contributed by atoms with Gasteiger partial charge in [-0.1, -0.05) is 17.7 Å². The molecule has 0 aromatic heterocycles. The monoisotopic (exact) mass is 297 g/mol. The Morgan fingerprint density at radius 2 is 1.80 bits per heavy atom. The minimum absolute atomic E-state index is 0.321. The van der Waals surface area contributed by atoms with E-state index in [1.54, 1.807) is 19.1 Å². The fraction of sp³-hybridized carbons (Fsp3) is 0.200. The van der Waals surface area contributed by atoms with Gasteiger partial charge < -0.3 is 10.5 Å². The molecule has 2 rings (SSSR count). The first-order chi connectivity index (χ1) is 9.51. The molecule has 0 fully saturated rings. The van der Waals surface area contributed by atoms with Gasteiger partial charge in [0.2, 0.25) is 0 Å². The summed E-state index contributed by atoms with van der Waals surface area (Å²) in [6, 6.07) is 7.37. The average Bonchev–Trinajstić information content (AvgIpc) is 2.38. The lowest BCUT2D eigenvalue weighted by atomic mass is 10.1. The first-order valence-electron chi connectivity index (χ1n) is 6.13. The molecule has 0 saturated heterocycles. The largest absolute Gasteiger partial charge is 0.451 e. The summed E-state index contributed by atoms with van der Waals surface area (Å²) in [4.78, 5) is 0. The van der Waals surface area contributed by atoms with Gasteiger partial charge in [-0.2, -0.15) is 0 Å². The van der Waals surface area contributed by atoms with Crippen molar-refractivity contribution in [3.63, 3.8) is 0 Å². The summed E-state index contributed by atoms with van der Waals surface area (Å²) in [5.41, 5.74) is 6.60. The van der Waals surface area contributed by atoms with Crippen molar-refractivity contribution in [2.24, 2.45) is 5.73 Å². The van der Waals surface area contributed by atoms with Crippen molar-refractivity contribution >= 4 is 11.6 Å². The second-order valence-electron chi connectivity index (χ2n) is 4.44. The highest BCUT2D eigenvalue weighted by molar-refractivity contribution is 6.30. The van der Waals surface area contributed by atoms with E-state index >= 15 is 0 Å². The minimum Gasteiger partial charge on any atom is -0.451 e. The van der Waals surface area contributed by atoms with E-state index in [4.69, 9.17) is 22.1 Å². The molecule has 0 spiro atoms. The Morgan fingerprint density at radius 1 is 1.15 bits per heavy atom. The van der Waals surface area contributed by atoms with Gasteiger partial charge >= 0.3 is 0 Å². The molecular formula is C15H14ClF2NO. The van der Waals surface area contributed by atoms with Crippen LogP contribution in [0.2, 0.25) is 5.02 Å². The predicted molar refractivity (Wildman–Crippen MR) is 75.4 cm³/mol. The van der Waals surface area contributed by atoms with Gasteiger partial charge in [0.25, 0.3) is 0 Å². The molecule has 0 heterocycles. The Bertz CT molecular complexity index is 608. The molecule has 0 atom stereocenters. The summed E-state index contributed by atoms with van der Waals surface area (Å²) in [5, 5.41) is 0.436. The number of halogens is 3. The van der Waals surface area contributed by atoms with Crippen molar-refractivity contribution in [3.05, 3.63) is 58.1 Å². The zero-order valence-electron chi connectivity index (χ0n) is 10.9. The summed E-state index contributed by atoms with van der Waals surface area (Å²) in [5.74, 6) is -1.63. The third-order valence-corrected chi connectivity index (χ3v) is 3.09. The molecule has 106 valence electrons. The number of ether oxygens (including phenoxy) is 1. The van der Waals surface area contributed by atoms with E-state index in [9.17, 15) is 8.78 Å². The van der Waals surface area contributed by atoms with Gasteiger partial charge in [0.1, 0.15) is 5.75 Å². The maximum Gasteiger partial charge on any atom is 0.198 e. The van der Waals surface area contributed by atoms with E-state index in [0.717, 1.165) is 5.56 Å². The highest BCUT2D eigenvalue weighted by Gasteiger charge is 2.14. The van der Waals surface area contributed by atoms with E-state index in [0.29, 0.717) is 29.3 Å². The lowest BCUT2D eigenvalue weighted by Gasteiger charge is -2.12. The maximum atomic E-state index is 13.9. The van der Waals surface area contributed by atoms with Crippen LogP contribution < -0.4 is 10.5 Å². The van der Waals surface area contributed by atoms with Crippen LogP contribution in [-0.2, 0) is 6.42 Å². The quantitative estimate of drug-likeness (QED) is 0.917. The first-order valence-corrected chi connectivity index (χ1v) is 6.51. The summed E-state index contributed by atoms with van der Waals surface area (Å²) in [6.45, 7) is 2.09. The van der Waals surface area contributed by atoms with E-state index in [1.165, 1.54) is 18.2 Å². The van der Waals surface area contributed by atoms with E-state index in [-0.39, 0.29) is 0 Å². The molecule has 5 heteroatoms. The zero-order chi connectivity index (χ0) is 14.7. The van der Waals surface area contributed by atoms with Crippen LogP contribution in [0, 0.1) is 18.6 Å². The molecule has 0 saturated carbocycles. The summed E-state index contributed by atoms with van der Waals surface area (Å²) >= 11 is 5.85. The van der Waals surface area contributed by atoms with Crippen molar-refractivity contribution in [3.8, 4) is 11.5 Å². The molecule has 2 nitrogen and oxygen atoms in total. The SMILES string of the molecule is Cc1ccc(Cl)cc1Oc1c(F)cc(CCN)cc1F. The van der Waals surface area contributed by atoms with E-state index < -0.39 is 17.4 Å². The fourth-order valence-corrected chi connectivity index (χ4v) is 1.98. The van der Waals surface area contributed by atoms with E-state index in [1.807, 2.05) is 0 Å². The van der Waals surface area contributed by atoms with Crippen molar-refractivity contribution in [2.45, 2.75) is 13.3 Å². The van der Waals surface area contributed by atoms with Gasteiger partial charge in [-0.3, -0.25) is 0 Å². The van der Waals surface area contributed by atoms with Gasteiger partial charge in [0.05, 0.1) is 0 Å². The molecule has 0 aliphatic heterocycles. The normalized spacial score (nSPS) is 10.7. The van der Waals surface area contributed by atoms with Crippen molar-refractivity contribution < 1.29 is 13.5 Å². The van der Waals surface area contributed by atoms with Gasteiger partial charge in [0, 0.05) is 5.02 Å². The number of benzene rings is 2. The van der Waals surface area contributed by atoms with Crippen LogP contribution in [-0.4, -0.2) is 6.54 Å². The first kappa shape index (κ1) is 14.8. The third kappa shape index (κ3) is 3.26. The maximum absolute atomic E-state index is 13.9. The number of hydrogen-bond acceptors (Lipinski definition) is 2. The predicted octanol–water partition coefficient (Wildman–Crippen LogP) is 4.22. The summed E-state index contributed by atoms with van der Waals surface area (Å²) < 4.78 is 33.1. The van der Waals surface area contributed by atoms with Crippen molar-refractivity contribution in [2.75, 3.05) is 6.54 Å². The second-order valence-corrected chi connectivity index (χ2v) is 4.88. The summed E-state index contributed by atoms with van der Waals surface area (Å²) in [7, 11) is 0. The lowest BCUT2D eigenvalue weighted by molar-refractivity contribution is 0.404. The molecule has 0 radical (unpaired) electrons. The molecule has 0 bridgehead atoms. The zero-order valence-corrected chi connectivity index (χ0v) is 11.7. The smallest absolute Gasteiger partial charge is 0.198 e. The standard InChI is InChI=1S/C15H14ClF2NO/c1-9-2-3-11(16)8-14(9)20-15-12(17)6-10(4-5-19)7-13(15)18/h2-3,6-8H,4-5,19H2,1H3. The van der Waals surface area contributed by atoms with Gasteiger partial charge in [0.15, 0.2) is 17.4 Å². The molecule has 20 heavy (non-hydrogen) atoms. The molecule has 2 aromatic rings. The highest BCUT2D eigenvalue weighted by atomic mass is 35.5. The van der Waals surface area contributed by atoms with Gasteiger partial charge in [-0.25, -0.2) is 8.78 Å². The number of aryl methyl sites for hydroxylation is 1. The number of rotatable bonds is 4. The molecule has 0 aliphatic carbocycles. The summed E-state index contributed by atoms with van der Waals surface area (Å²) in [6.07, 6.45) is 0.407. The Kier molecular flexibility index (Phi) is 4.57. The van der Waals surface area contributed by atoms with Gasteiger partial charge in [-0.05, 0) is 55.3 Å². The number of nitrogens with two attached hydrogens (primary N) is 1. The van der Waals surface area contributed by atoms with Crippen LogP contribution in [0.25, 0.3) is 0 Å². The average molecular weight is 298 g/mol. The van der Waals surface area contributed by atoms with Gasteiger partial charge in [-0.15, -0.1) is 0 Å². The lowest BCUT2D eigenvalue weighted by Crippen LogP contribution is -2.04. The Labute approximate surface area is 121 Å². The van der Waals surface area contributed by atoms with Crippen molar-refractivity contribution in [1.29, 1.82) is 0 Å². The third-order valence-electron chi connectivity index (χ3n) is 2.85. The Balaban J connectivity index is 2.36. The van der Waals surface area contributed by atoms with Crippen LogP contribution in [0.3, 0.4) is 0 Å². The Hall–Kier alpha value is -1.65. The fourth-order valence-electron chi connectivity index (χ4n) is 1.81. The second kappa shape index (κ2) is 6.20. The van der Waals surface area contributed by atoms with Crippen molar-refractivity contribution in [1.82, 2.24) is 0 Å². The topological polar surface area (TPSA) is 35.2 Å². The molecule has 2 aromatic carbocycles.